The van der Waals surface area contributed by atoms with E-state index >= 15 is 0 Å². The van der Waals surface area contributed by atoms with Crippen molar-refractivity contribution in [3.8, 4) is 11.5 Å². The van der Waals surface area contributed by atoms with Crippen LogP contribution in [0.5, 0.6) is 11.5 Å². The zero-order chi connectivity index (χ0) is 19.6. The van der Waals surface area contributed by atoms with Crippen molar-refractivity contribution in [2.45, 2.75) is 5.60 Å². The van der Waals surface area contributed by atoms with Crippen molar-refractivity contribution in [1.82, 2.24) is 0 Å². The number of esters is 1. The van der Waals surface area contributed by atoms with Crippen LogP contribution >= 0.6 is 31.9 Å². The van der Waals surface area contributed by atoms with Crippen LogP contribution in [0.15, 0.2) is 63.5 Å². The predicted molar refractivity (Wildman–Crippen MR) is 107 cm³/mol. The standard InChI is InChI=1S/C21H10Br2O5/c22-14-8-9-15-16(17(14)23)21(12-6-2-1-4-10(12)20(26)28-21)13-7-3-5-11(19(24)25)18(13)27-15/h1-9H,(H,24,25). The van der Waals surface area contributed by atoms with Gasteiger partial charge in [-0.05, 0) is 56.1 Å². The average Bonchev–Trinajstić information content (AvgIpc) is 2.98. The summed E-state index contributed by atoms with van der Waals surface area (Å²) in [6.07, 6.45) is 0. The number of ether oxygens (including phenoxy) is 2. The van der Waals surface area contributed by atoms with Gasteiger partial charge in [0.1, 0.15) is 17.1 Å². The number of carbonyl (C=O) groups is 2. The van der Waals surface area contributed by atoms with E-state index in [0.29, 0.717) is 32.5 Å². The molecule has 0 aromatic heterocycles. The van der Waals surface area contributed by atoms with Gasteiger partial charge in [-0.3, -0.25) is 0 Å². The fraction of sp³-hybridized carbons (Fsp3) is 0.0476. The van der Waals surface area contributed by atoms with Gasteiger partial charge in [-0.1, -0.05) is 30.3 Å². The maximum absolute atomic E-state index is 12.8. The molecule has 0 saturated carbocycles. The van der Waals surface area contributed by atoms with E-state index in [0.717, 1.165) is 4.47 Å². The highest BCUT2D eigenvalue weighted by atomic mass is 79.9. The van der Waals surface area contributed by atoms with Gasteiger partial charge < -0.3 is 14.6 Å². The van der Waals surface area contributed by atoms with Gasteiger partial charge >= 0.3 is 11.9 Å². The van der Waals surface area contributed by atoms with Gasteiger partial charge in [-0.25, -0.2) is 9.59 Å². The lowest BCUT2D eigenvalue weighted by Gasteiger charge is -2.37. The Balaban J connectivity index is 1.97. The van der Waals surface area contributed by atoms with Crippen LogP contribution in [0.1, 0.15) is 37.4 Å². The van der Waals surface area contributed by atoms with Crippen LogP contribution in [0.3, 0.4) is 0 Å². The second-order valence-corrected chi connectivity index (χ2v) is 8.09. The molecule has 0 saturated heterocycles. The molecule has 5 rings (SSSR count). The summed E-state index contributed by atoms with van der Waals surface area (Å²) in [5.74, 6) is -1.01. The summed E-state index contributed by atoms with van der Waals surface area (Å²) in [5, 5.41) is 9.66. The first-order chi connectivity index (χ1) is 13.4. The van der Waals surface area contributed by atoms with Gasteiger partial charge in [0.15, 0.2) is 5.60 Å². The minimum absolute atomic E-state index is 0.00185. The van der Waals surface area contributed by atoms with Gasteiger partial charge in [-0.2, -0.15) is 0 Å². The molecule has 1 spiro atoms. The monoisotopic (exact) mass is 500 g/mol. The molecule has 5 nitrogen and oxygen atoms in total. The van der Waals surface area contributed by atoms with Gasteiger partial charge in [0.05, 0.1) is 11.1 Å². The van der Waals surface area contributed by atoms with Crippen LogP contribution in [0.25, 0.3) is 0 Å². The van der Waals surface area contributed by atoms with Gasteiger partial charge in [-0.15, -0.1) is 0 Å². The molecule has 0 radical (unpaired) electrons. The van der Waals surface area contributed by atoms with E-state index in [1.54, 1.807) is 36.4 Å². The minimum Gasteiger partial charge on any atom is -0.478 e. The lowest BCUT2D eigenvalue weighted by molar-refractivity contribution is 0.0221. The van der Waals surface area contributed by atoms with Crippen molar-refractivity contribution in [2.24, 2.45) is 0 Å². The number of carboxylic acids is 1. The first-order valence-corrected chi connectivity index (χ1v) is 9.89. The summed E-state index contributed by atoms with van der Waals surface area (Å²) in [7, 11) is 0. The first-order valence-electron chi connectivity index (χ1n) is 8.31. The normalized spacial score (nSPS) is 18.7. The summed E-state index contributed by atoms with van der Waals surface area (Å²) in [4.78, 5) is 24.6. The summed E-state index contributed by atoms with van der Waals surface area (Å²) < 4.78 is 13.5. The van der Waals surface area contributed by atoms with E-state index in [4.69, 9.17) is 9.47 Å². The molecular weight excluding hydrogens is 492 g/mol. The number of halogens is 2. The lowest BCUT2D eigenvalue weighted by Crippen LogP contribution is -2.34. The third kappa shape index (κ3) is 2.11. The summed E-state index contributed by atoms with van der Waals surface area (Å²) in [6.45, 7) is 0. The molecule has 0 bridgehead atoms. The van der Waals surface area contributed by atoms with E-state index in [1.807, 2.05) is 12.1 Å². The first kappa shape index (κ1) is 17.5. The van der Waals surface area contributed by atoms with E-state index in [1.165, 1.54) is 6.07 Å². The Labute approximate surface area is 176 Å². The number of fused-ring (bicyclic) bond motifs is 6. The SMILES string of the molecule is O=C1OC2(c3ccccc31)c1cccc(C(=O)O)c1Oc1ccc(Br)c(Br)c12. The van der Waals surface area contributed by atoms with Gasteiger partial charge in [0, 0.05) is 20.1 Å². The molecule has 0 aliphatic carbocycles. The minimum atomic E-state index is -1.31. The number of rotatable bonds is 1. The second kappa shape index (κ2) is 5.93. The number of carboxylic acid groups (broad SMARTS) is 1. The molecule has 0 fully saturated rings. The fourth-order valence-electron chi connectivity index (χ4n) is 3.89. The summed E-state index contributed by atoms with van der Waals surface area (Å²) in [6, 6.07) is 15.4. The van der Waals surface area contributed by atoms with Crippen LogP contribution in [0, 0.1) is 0 Å². The van der Waals surface area contributed by atoms with Crippen LogP contribution in [0.4, 0.5) is 0 Å². The molecule has 138 valence electrons. The molecule has 1 atom stereocenters. The van der Waals surface area contributed by atoms with Crippen molar-refractivity contribution in [3.05, 3.63) is 91.4 Å². The maximum atomic E-state index is 12.8. The number of carbonyl (C=O) groups excluding carboxylic acids is 1. The van der Waals surface area contributed by atoms with E-state index in [9.17, 15) is 14.7 Å². The predicted octanol–water partition coefficient (Wildman–Crippen LogP) is 5.48. The smallest absolute Gasteiger partial charge is 0.340 e. The Morgan fingerprint density at radius 2 is 1.71 bits per heavy atom. The summed E-state index contributed by atoms with van der Waals surface area (Å²) in [5.41, 5.74) is 0.847. The van der Waals surface area contributed by atoms with E-state index < -0.39 is 17.5 Å². The van der Waals surface area contributed by atoms with Crippen molar-refractivity contribution < 1.29 is 24.2 Å². The van der Waals surface area contributed by atoms with Crippen LogP contribution in [0.2, 0.25) is 0 Å². The molecule has 0 amide bonds. The molecule has 7 heteroatoms. The zero-order valence-electron chi connectivity index (χ0n) is 14.0. The van der Waals surface area contributed by atoms with Crippen molar-refractivity contribution >= 4 is 43.8 Å². The maximum Gasteiger partial charge on any atom is 0.340 e. The van der Waals surface area contributed by atoms with Crippen LogP contribution < -0.4 is 4.74 Å². The number of para-hydroxylation sites is 1. The molecule has 3 aromatic carbocycles. The zero-order valence-corrected chi connectivity index (χ0v) is 17.2. The van der Waals surface area contributed by atoms with Crippen molar-refractivity contribution in [1.29, 1.82) is 0 Å². The van der Waals surface area contributed by atoms with Crippen LogP contribution in [-0.2, 0) is 10.3 Å². The van der Waals surface area contributed by atoms with E-state index in [-0.39, 0.29) is 11.3 Å². The van der Waals surface area contributed by atoms with Crippen LogP contribution in [-0.4, -0.2) is 17.0 Å². The number of aromatic carboxylic acids is 1. The van der Waals surface area contributed by atoms with Gasteiger partial charge in [0.25, 0.3) is 0 Å². The highest BCUT2D eigenvalue weighted by Gasteiger charge is 2.55. The Hall–Kier alpha value is -2.64. The highest BCUT2D eigenvalue weighted by molar-refractivity contribution is 9.13. The van der Waals surface area contributed by atoms with Crippen molar-refractivity contribution in [3.63, 3.8) is 0 Å². The Morgan fingerprint density at radius 1 is 0.964 bits per heavy atom. The molecule has 2 heterocycles. The highest BCUT2D eigenvalue weighted by Crippen LogP contribution is 2.59. The molecule has 1 unspecified atom stereocenters. The Morgan fingerprint density at radius 3 is 2.50 bits per heavy atom. The molecule has 2 aliphatic heterocycles. The number of hydrogen-bond acceptors (Lipinski definition) is 4. The van der Waals surface area contributed by atoms with E-state index in [2.05, 4.69) is 31.9 Å². The Bertz CT molecular complexity index is 1200. The lowest BCUT2D eigenvalue weighted by atomic mass is 9.77. The average molecular weight is 502 g/mol. The molecular formula is C21H10Br2O5. The number of hydrogen-bond donors (Lipinski definition) is 1. The molecule has 3 aromatic rings. The summed E-state index contributed by atoms with van der Waals surface area (Å²) >= 11 is 7.09. The number of benzene rings is 3. The largest absolute Gasteiger partial charge is 0.478 e. The second-order valence-electron chi connectivity index (χ2n) is 6.44. The van der Waals surface area contributed by atoms with Crippen molar-refractivity contribution in [2.75, 3.05) is 0 Å². The topological polar surface area (TPSA) is 72.8 Å². The Kier molecular flexibility index (Phi) is 3.70. The molecule has 2 aliphatic rings. The quantitative estimate of drug-likeness (QED) is 0.447. The fourth-order valence-corrected chi connectivity index (χ4v) is 4.82. The van der Waals surface area contributed by atoms with Gasteiger partial charge in [0.2, 0.25) is 0 Å². The third-order valence-corrected chi connectivity index (χ3v) is 7.03. The molecule has 1 N–H and O–H groups in total. The molecule has 28 heavy (non-hydrogen) atoms. The third-order valence-electron chi connectivity index (χ3n) is 5.02.